The molecule has 0 aliphatic heterocycles. The van der Waals surface area contributed by atoms with Crippen LogP contribution in [-0.2, 0) is 0 Å². The predicted octanol–water partition coefficient (Wildman–Crippen LogP) is 2.65. The number of hydrogen-bond acceptors (Lipinski definition) is 4. The molecule has 0 aliphatic carbocycles. The van der Waals surface area contributed by atoms with Crippen LogP contribution in [0, 0.1) is 6.92 Å². The summed E-state index contributed by atoms with van der Waals surface area (Å²) in [5, 5.41) is 4.40. The van der Waals surface area contributed by atoms with E-state index in [9.17, 15) is 4.79 Å². The Hall–Kier alpha value is -2.69. The molecule has 19 heavy (non-hydrogen) atoms. The van der Waals surface area contributed by atoms with Gasteiger partial charge in [-0.05, 0) is 30.7 Å². The van der Waals surface area contributed by atoms with Crippen LogP contribution in [0.5, 0.6) is 0 Å². The van der Waals surface area contributed by atoms with Crippen LogP contribution in [0.15, 0.2) is 47.5 Å². The Kier molecular flexibility index (Phi) is 2.72. The van der Waals surface area contributed by atoms with E-state index in [0.29, 0.717) is 17.1 Å². The number of aldehydes is 1. The highest BCUT2D eigenvalue weighted by Crippen LogP contribution is 2.22. The fourth-order valence-corrected chi connectivity index (χ4v) is 1.86. The summed E-state index contributed by atoms with van der Waals surface area (Å²) in [6.45, 7) is 1.98. The largest absolute Gasteiger partial charge is 0.472 e. The van der Waals surface area contributed by atoms with Gasteiger partial charge in [0.1, 0.15) is 5.69 Å². The number of aryl methyl sites for hydroxylation is 1. The Morgan fingerprint density at radius 3 is 2.95 bits per heavy atom. The summed E-state index contributed by atoms with van der Waals surface area (Å²) >= 11 is 0. The molecule has 0 radical (unpaired) electrons. The molecule has 0 amide bonds. The van der Waals surface area contributed by atoms with Gasteiger partial charge in [0.25, 0.3) is 0 Å². The fourth-order valence-electron chi connectivity index (χ4n) is 1.86. The normalized spacial score (nSPS) is 10.6. The van der Waals surface area contributed by atoms with Crippen LogP contribution in [0.1, 0.15) is 15.9 Å². The monoisotopic (exact) mass is 253 g/mol. The molecule has 0 N–H and O–H groups in total. The summed E-state index contributed by atoms with van der Waals surface area (Å²) in [5.41, 5.74) is 2.95. The molecule has 0 unspecified atom stereocenters. The number of hydrogen-bond donors (Lipinski definition) is 0. The average molecular weight is 253 g/mol. The zero-order valence-electron chi connectivity index (χ0n) is 10.3. The van der Waals surface area contributed by atoms with E-state index < -0.39 is 0 Å². The number of aromatic nitrogens is 3. The minimum atomic E-state index is 0.504. The van der Waals surface area contributed by atoms with Crippen LogP contribution in [-0.4, -0.2) is 21.1 Å². The summed E-state index contributed by atoms with van der Waals surface area (Å²) in [5.74, 6) is 0.679. The summed E-state index contributed by atoms with van der Waals surface area (Å²) in [6.07, 6.45) is 7.26. The summed E-state index contributed by atoms with van der Waals surface area (Å²) in [4.78, 5) is 15.4. The molecular formula is C14H11N3O2. The van der Waals surface area contributed by atoms with Crippen molar-refractivity contribution in [2.75, 3.05) is 0 Å². The van der Waals surface area contributed by atoms with Crippen LogP contribution in [0.3, 0.4) is 0 Å². The van der Waals surface area contributed by atoms with Crippen molar-refractivity contribution < 1.29 is 9.21 Å². The van der Waals surface area contributed by atoms with Crippen molar-refractivity contribution in [2.24, 2.45) is 0 Å². The molecule has 0 atom stereocenters. The van der Waals surface area contributed by atoms with E-state index in [0.717, 1.165) is 17.4 Å². The first-order valence-electron chi connectivity index (χ1n) is 5.78. The molecule has 0 fully saturated rings. The molecule has 0 saturated carbocycles. The molecular weight excluding hydrogens is 242 g/mol. The quantitative estimate of drug-likeness (QED) is 0.673. The Balaban J connectivity index is 2.12. The smallest absolute Gasteiger partial charge is 0.153 e. The number of pyridine rings is 1. The first kappa shape index (κ1) is 11.4. The number of nitrogens with zero attached hydrogens (tertiary/aromatic N) is 3. The molecule has 0 bridgehead atoms. The van der Waals surface area contributed by atoms with Crippen molar-refractivity contribution in [2.45, 2.75) is 6.92 Å². The van der Waals surface area contributed by atoms with Crippen LogP contribution >= 0.6 is 0 Å². The maximum Gasteiger partial charge on any atom is 0.153 e. The van der Waals surface area contributed by atoms with E-state index in [1.165, 1.54) is 0 Å². The van der Waals surface area contributed by atoms with Gasteiger partial charge < -0.3 is 4.42 Å². The lowest BCUT2D eigenvalue weighted by molar-refractivity contribution is 0.112. The lowest BCUT2D eigenvalue weighted by Gasteiger charge is -2.00. The fraction of sp³-hybridized carbons (Fsp3) is 0.0714. The second-order valence-corrected chi connectivity index (χ2v) is 4.20. The molecule has 0 aliphatic rings. The van der Waals surface area contributed by atoms with Gasteiger partial charge in [0.05, 0.1) is 18.1 Å². The van der Waals surface area contributed by atoms with E-state index >= 15 is 0 Å². The van der Waals surface area contributed by atoms with E-state index in [1.807, 2.05) is 19.1 Å². The Morgan fingerprint density at radius 1 is 1.37 bits per heavy atom. The molecule has 3 heterocycles. The van der Waals surface area contributed by atoms with Crippen molar-refractivity contribution >= 4 is 6.29 Å². The van der Waals surface area contributed by atoms with Gasteiger partial charge in [-0.25, -0.2) is 9.67 Å². The lowest BCUT2D eigenvalue weighted by atomic mass is 10.2. The molecule has 3 aromatic heterocycles. The molecule has 0 spiro atoms. The van der Waals surface area contributed by atoms with E-state index in [-0.39, 0.29) is 0 Å². The molecule has 0 saturated heterocycles. The summed E-state index contributed by atoms with van der Waals surface area (Å²) in [7, 11) is 0. The first-order chi connectivity index (χ1) is 9.28. The third kappa shape index (κ3) is 2.06. The van der Waals surface area contributed by atoms with Crippen LogP contribution in [0.2, 0.25) is 0 Å². The van der Waals surface area contributed by atoms with Gasteiger partial charge in [0, 0.05) is 18.0 Å². The van der Waals surface area contributed by atoms with Gasteiger partial charge >= 0.3 is 0 Å². The minimum absolute atomic E-state index is 0.504. The maximum atomic E-state index is 11.1. The molecule has 5 nitrogen and oxygen atoms in total. The highest BCUT2D eigenvalue weighted by molar-refractivity contribution is 5.85. The van der Waals surface area contributed by atoms with Gasteiger partial charge in [0.2, 0.25) is 0 Å². The van der Waals surface area contributed by atoms with Gasteiger partial charge in [-0.3, -0.25) is 4.79 Å². The second kappa shape index (κ2) is 4.53. The third-order valence-electron chi connectivity index (χ3n) is 2.80. The number of carbonyl (C=O) groups is 1. The van der Waals surface area contributed by atoms with Crippen LogP contribution in [0.4, 0.5) is 0 Å². The Morgan fingerprint density at radius 2 is 2.26 bits per heavy atom. The average Bonchev–Trinajstić information content (AvgIpc) is 3.07. The Bertz CT molecular complexity index is 714. The number of carbonyl (C=O) groups excluding carboxylic acids is 1. The highest BCUT2D eigenvalue weighted by atomic mass is 16.3. The predicted molar refractivity (Wildman–Crippen MR) is 69.2 cm³/mol. The summed E-state index contributed by atoms with van der Waals surface area (Å²) < 4.78 is 6.62. The first-order valence-corrected chi connectivity index (χ1v) is 5.78. The van der Waals surface area contributed by atoms with Crippen molar-refractivity contribution in [1.29, 1.82) is 0 Å². The zero-order valence-corrected chi connectivity index (χ0v) is 10.3. The third-order valence-corrected chi connectivity index (χ3v) is 2.80. The molecule has 94 valence electrons. The van der Waals surface area contributed by atoms with E-state index in [2.05, 4.69) is 10.1 Å². The van der Waals surface area contributed by atoms with E-state index in [1.54, 1.807) is 35.7 Å². The van der Waals surface area contributed by atoms with Crippen molar-refractivity contribution in [3.8, 4) is 17.1 Å². The standard InChI is InChI=1S/C14H11N3O2/c1-10-2-4-15-13(6-10)17-7-12(8-18)14(16-17)11-3-5-19-9-11/h2-9H,1H3. The van der Waals surface area contributed by atoms with Gasteiger partial charge in [0.15, 0.2) is 12.1 Å². The minimum Gasteiger partial charge on any atom is -0.472 e. The molecule has 0 aromatic carbocycles. The van der Waals surface area contributed by atoms with Gasteiger partial charge in [-0.15, -0.1) is 0 Å². The van der Waals surface area contributed by atoms with Crippen molar-refractivity contribution in [3.05, 3.63) is 54.2 Å². The van der Waals surface area contributed by atoms with E-state index in [4.69, 9.17) is 4.42 Å². The molecule has 3 rings (SSSR count). The highest BCUT2D eigenvalue weighted by Gasteiger charge is 2.13. The Labute approximate surface area is 109 Å². The number of furan rings is 1. The SMILES string of the molecule is Cc1ccnc(-n2cc(C=O)c(-c3ccoc3)n2)c1. The van der Waals surface area contributed by atoms with Crippen LogP contribution < -0.4 is 0 Å². The van der Waals surface area contributed by atoms with Crippen molar-refractivity contribution in [1.82, 2.24) is 14.8 Å². The second-order valence-electron chi connectivity index (χ2n) is 4.20. The van der Waals surface area contributed by atoms with Crippen molar-refractivity contribution in [3.63, 3.8) is 0 Å². The van der Waals surface area contributed by atoms with Crippen LogP contribution in [0.25, 0.3) is 17.1 Å². The topological polar surface area (TPSA) is 60.9 Å². The van der Waals surface area contributed by atoms with Gasteiger partial charge in [-0.2, -0.15) is 5.10 Å². The summed E-state index contributed by atoms with van der Waals surface area (Å²) in [6, 6.07) is 5.58. The maximum absolute atomic E-state index is 11.1. The molecule has 3 aromatic rings. The molecule has 5 heteroatoms. The lowest BCUT2D eigenvalue weighted by Crippen LogP contribution is -1.98. The zero-order chi connectivity index (χ0) is 13.2. The van der Waals surface area contributed by atoms with Gasteiger partial charge in [-0.1, -0.05) is 0 Å². The number of rotatable bonds is 3.